The number of hydrogen-bond donors (Lipinski definition) is 0. The minimum atomic E-state index is -1.77. The van der Waals surface area contributed by atoms with Crippen molar-refractivity contribution in [3.05, 3.63) is 37.1 Å². The van der Waals surface area contributed by atoms with Gasteiger partial charge in [0.1, 0.15) is 0 Å². The van der Waals surface area contributed by atoms with Gasteiger partial charge in [0, 0.05) is 0 Å². The van der Waals surface area contributed by atoms with Crippen molar-refractivity contribution in [2.75, 3.05) is 0 Å². The normalized spacial score (nSPS) is 11.6. The molecule has 0 aromatic carbocycles. The Labute approximate surface area is 176 Å². The van der Waals surface area contributed by atoms with E-state index in [4.69, 9.17) is 0 Å². The van der Waals surface area contributed by atoms with Gasteiger partial charge >= 0.3 is 35.5 Å². The summed E-state index contributed by atoms with van der Waals surface area (Å²) in [5.74, 6) is -4.33. The van der Waals surface area contributed by atoms with Crippen molar-refractivity contribution < 1.29 is 58.6 Å². The van der Waals surface area contributed by atoms with E-state index >= 15 is 0 Å². The average molecular weight is 373 g/mol. The van der Waals surface area contributed by atoms with Crippen molar-refractivity contribution in [3.8, 4) is 0 Å². The number of ether oxygens (including phenoxy) is 1. The molecule has 0 saturated carbocycles. The van der Waals surface area contributed by atoms with Crippen LogP contribution in [0, 0.1) is 0 Å². The number of carbonyl (C=O) groups is 4. The number of allylic oxidation sites excluding steroid dienone is 2. The summed E-state index contributed by atoms with van der Waals surface area (Å²) in [6, 6.07) is -1.77. The van der Waals surface area contributed by atoms with E-state index in [1.165, 1.54) is 12.2 Å². The van der Waals surface area contributed by atoms with E-state index in [0.29, 0.717) is 17.7 Å². The summed E-state index contributed by atoms with van der Waals surface area (Å²) >= 11 is 0. The number of imide groups is 1. The van der Waals surface area contributed by atoms with E-state index in [2.05, 4.69) is 11.3 Å². The van der Waals surface area contributed by atoms with Crippen molar-refractivity contribution in [1.29, 1.82) is 0 Å². The van der Waals surface area contributed by atoms with Gasteiger partial charge in [-0.05, 0) is 25.0 Å². The standard InChI is InChI=1S/C18H25NO6.Na/c1-4-7-9-11-15(20)19(16(21)12-10-8-5-2)14(18(23)24)13-17(22)25-6-3;/h6,9-12,14H,3-5,7-8,13H2,1-2H3,(H,23,24);/q;+1/p-1/b11-9+,12-10+;. The third kappa shape index (κ3) is 10.3. The minimum absolute atomic E-state index is 0. The molecule has 8 heteroatoms. The molecule has 0 fully saturated rings. The Balaban J connectivity index is 0. The van der Waals surface area contributed by atoms with E-state index < -0.39 is 36.2 Å². The summed E-state index contributed by atoms with van der Waals surface area (Å²) in [5, 5.41) is 11.4. The third-order valence-corrected chi connectivity index (χ3v) is 3.06. The molecule has 0 aromatic rings. The monoisotopic (exact) mass is 373 g/mol. The van der Waals surface area contributed by atoms with Crippen molar-refractivity contribution in [1.82, 2.24) is 4.90 Å². The molecule has 7 nitrogen and oxygen atoms in total. The van der Waals surface area contributed by atoms with Crippen LogP contribution in [-0.4, -0.2) is 34.7 Å². The number of aliphatic carboxylic acids is 1. The van der Waals surface area contributed by atoms with Gasteiger partial charge in [-0.3, -0.25) is 19.3 Å². The van der Waals surface area contributed by atoms with Crippen LogP contribution in [-0.2, 0) is 23.9 Å². The predicted octanol–water partition coefficient (Wildman–Crippen LogP) is -1.75. The Morgan fingerprint density at radius 2 is 1.50 bits per heavy atom. The summed E-state index contributed by atoms with van der Waals surface area (Å²) in [4.78, 5) is 48.1. The fourth-order valence-electron chi connectivity index (χ4n) is 1.86. The molecule has 0 N–H and O–H groups in total. The Morgan fingerprint density at radius 3 is 1.85 bits per heavy atom. The van der Waals surface area contributed by atoms with Crippen molar-refractivity contribution in [2.24, 2.45) is 0 Å². The Hall–Kier alpha value is -1.70. The van der Waals surface area contributed by atoms with Crippen LogP contribution in [0.25, 0.3) is 0 Å². The number of carboxylic acid groups (broad SMARTS) is 1. The maximum absolute atomic E-state index is 12.3. The zero-order valence-corrected chi connectivity index (χ0v) is 17.6. The van der Waals surface area contributed by atoms with Gasteiger partial charge in [-0.15, -0.1) is 0 Å². The van der Waals surface area contributed by atoms with Gasteiger partial charge in [-0.2, -0.15) is 0 Å². The molecule has 0 rings (SSSR count). The molecular formula is C18H24NNaO6. The Bertz CT molecular complexity index is 528. The molecule has 0 aromatic heterocycles. The molecule has 0 aliphatic carbocycles. The SMILES string of the molecule is C=COC(=O)CC(C(=O)[O-])N(C(=O)/C=C/CCC)C(=O)/C=C/CCC.[Na+]. The third-order valence-electron chi connectivity index (χ3n) is 3.06. The van der Waals surface area contributed by atoms with Gasteiger partial charge in [0.05, 0.1) is 24.7 Å². The number of amides is 2. The van der Waals surface area contributed by atoms with Gasteiger partial charge in [0.15, 0.2) is 0 Å². The minimum Gasteiger partial charge on any atom is -0.548 e. The second-order valence-electron chi connectivity index (χ2n) is 5.12. The van der Waals surface area contributed by atoms with E-state index in [0.717, 1.165) is 31.3 Å². The predicted molar refractivity (Wildman–Crippen MR) is 89.7 cm³/mol. The van der Waals surface area contributed by atoms with Crippen molar-refractivity contribution >= 4 is 23.8 Å². The smallest absolute Gasteiger partial charge is 0.548 e. The van der Waals surface area contributed by atoms with Crippen molar-refractivity contribution in [2.45, 2.75) is 52.0 Å². The van der Waals surface area contributed by atoms with Crippen LogP contribution in [0.2, 0.25) is 0 Å². The van der Waals surface area contributed by atoms with Crippen LogP contribution < -0.4 is 34.7 Å². The van der Waals surface area contributed by atoms with Gasteiger partial charge in [0.25, 0.3) is 11.8 Å². The van der Waals surface area contributed by atoms with Crippen molar-refractivity contribution in [3.63, 3.8) is 0 Å². The van der Waals surface area contributed by atoms with Crippen LogP contribution in [0.3, 0.4) is 0 Å². The summed E-state index contributed by atoms with van der Waals surface area (Å²) in [6.45, 7) is 7.00. The Morgan fingerprint density at radius 1 is 1.04 bits per heavy atom. The van der Waals surface area contributed by atoms with Gasteiger partial charge in [0.2, 0.25) is 0 Å². The summed E-state index contributed by atoms with van der Waals surface area (Å²) < 4.78 is 4.48. The number of unbranched alkanes of at least 4 members (excludes halogenated alkanes) is 2. The quantitative estimate of drug-likeness (QED) is 0.184. The zero-order chi connectivity index (χ0) is 19.2. The zero-order valence-electron chi connectivity index (χ0n) is 15.6. The molecule has 0 spiro atoms. The molecule has 0 heterocycles. The van der Waals surface area contributed by atoms with Crippen LogP contribution in [0.15, 0.2) is 37.1 Å². The molecule has 1 atom stereocenters. The molecule has 138 valence electrons. The molecular weight excluding hydrogens is 349 g/mol. The first-order valence-corrected chi connectivity index (χ1v) is 8.10. The van der Waals surface area contributed by atoms with E-state index in [1.807, 2.05) is 13.8 Å². The van der Waals surface area contributed by atoms with E-state index in [-0.39, 0.29) is 29.6 Å². The maximum atomic E-state index is 12.3. The topological polar surface area (TPSA) is 104 Å². The number of rotatable bonds is 11. The largest absolute Gasteiger partial charge is 1.00 e. The molecule has 0 aliphatic rings. The fraction of sp³-hybridized carbons (Fsp3) is 0.444. The van der Waals surface area contributed by atoms with Crippen LogP contribution in [0.5, 0.6) is 0 Å². The van der Waals surface area contributed by atoms with Gasteiger partial charge in [-0.1, -0.05) is 45.4 Å². The van der Waals surface area contributed by atoms with Crippen LogP contribution >= 0.6 is 0 Å². The number of carboxylic acids is 1. The van der Waals surface area contributed by atoms with Gasteiger partial charge < -0.3 is 14.6 Å². The Kier molecular flexibility index (Phi) is 15.9. The molecule has 26 heavy (non-hydrogen) atoms. The second-order valence-corrected chi connectivity index (χ2v) is 5.12. The number of hydrogen-bond acceptors (Lipinski definition) is 6. The number of carbonyl (C=O) groups excluding carboxylic acids is 4. The summed E-state index contributed by atoms with van der Waals surface area (Å²) in [5.41, 5.74) is 0. The van der Waals surface area contributed by atoms with E-state index in [9.17, 15) is 24.3 Å². The fourth-order valence-corrected chi connectivity index (χ4v) is 1.86. The molecule has 0 aliphatic heterocycles. The van der Waals surface area contributed by atoms with Crippen LogP contribution in [0.4, 0.5) is 0 Å². The first-order valence-electron chi connectivity index (χ1n) is 8.10. The first-order chi connectivity index (χ1) is 11.9. The first kappa shape index (κ1) is 26.5. The molecule has 0 radical (unpaired) electrons. The molecule has 0 bridgehead atoms. The second kappa shape index (κ2) is 15.5. The number of esters is 1. The van der Waals surface area contributed by atoms with Gasteiger partial charge in [-0.25, -0.2) is 0 Å². The molecule has 2 amide bonds. The summed E-state index contributed by atoms with van der Waals surface area (Å²) in [6.07, 6.45) is 8.16. The van der Waals surface area contributed by atoms with Crippen LogP contribution in [0.1, 0.15) is 46.0 Å². The molecule has 1 unspecified atom stereocenters. The maximum Gasteiger partial charge on any atom is 1.00 e. The molecule has 0 saturated heterocycles. The average Bonchev–Trinajstić information content (AvgIpc) is 2.54. The number of nitrogens with zero attached hydrogens (tertiary/aromatic N) is 1. The summed E-state index contributed by atoms with van der Waals surface area (Å²) in [7, 11) is 0. The van der Waals surface area contributed by atoms with E-state index in [1.54, 1.807) is 0 Å².